The lowest BCUT2D eigenvalue weighted by molar-refractivity contribution is 0.673. The van der Waals surface area contributed by atoms with E-state index in [1.165, 1.54) is 27.1 Å². The Kier molecular flexibility index (Phi) is 3.14. The Morgan fingerprint density at radius 3 is 2.15 bits per heavy atom. The van der Waals surface area contributed by atoms with E-state index in [9.17, 15) is 0 Å². The van der Waals surface area contributed by atoms with Crippen LogP contribution >= 0.6 is 0 Å². The van der Waals surface area contributed by atoms with Crippen molar-refractivity contribution in [3.8, 4) is 5.69 Å². The molecule has 3 heteroatoms. The van der Waals surface area contributed by atoms with Crippen LogP contribution in [0.5, 0.6) is 0 Å². The fourth-order valence-electron chi connectivity index (χ4n) is 5.60. The van der Waals surface area contributed by atoms with Gasteiger partial charge >= 0.3 is 0 Å². The second-order valence-electron chi connectivity index (χ2n) is 8.63. The first-order valence-corrected chi connectivity index (χ1v) is 11.2. The third-order valence-electron chi connectivity index (χ3n) is 6.90. The quantitative estimate of drug-likeness (QED) is 0.283. The van der Waals surface area contributed by atoms with Crippen molar-refractivity contribution in [1.82, 2.24) is 9.55 Å². The minimum Gasteiger partial charge on any atom is -0.455 e. The molecule has 0 amide bonds. The predicted octanol–water partition coefficient (Wildman–Crippen LogP) is 8.32. The molecule has 0 aliphatic rings. The van der Waals surface area contributed by atoms with Crippen LogP contribution in [0, 0.1) is 0 Å². The number of para-hydroxylation sites is 4. The lowest BCUT2D eigenvalue weighted by Crippen LogP contribution is -1.94. The van der Waals surface area contributed by atoms with Crippen LogP contribution in [0.4, 0.5) is 0 Å². The molecule has 5 aromatic carbocycles. The van der Waals surface area contributed by atoms with Gasteiger partial charge in [0, 0.05) is 38.1 Å². The summed E-state index contributed by atoms with van der Waals surface area (Å²) in [6.45, 7) is 0. The second-order valence-corrected chi connectivity index (χ2v) is 8.63. The van der Waals surface area contributed by atoms with Crippen LogP contribution in [0.1, 0.15) is 0 Å². The Labute approximate surface area is 188 Å². The van der Waals surface area contributed by atoms with E-state index >= 15 is 0 Å². The molecule has 0 spiro atoms. The number of rotatable bonds is 1. The summed E-state index contributed by atoms with van der Waals surface area (Å²) in [5.41, 5.74) is 7.62. The van der Waals surface area contributed by atoms with E-state index in [1.807, 2.05) is 6.07 Å². The molecule has 8 rings (SSSR count). The van der Waals surface area contributed by atoms with Gasteiger partial charge < -0.3 is 14.0 Å². The molecular formula is C30H18N2O. The maximum absolute atomic E-state index is 6.62. The standard InChI is InChI=1S/C30H18N2O/c1-2-10-18(11-3-1)32-23-16-8-5-13-20(23)27-29(32)28-25(19-12-4-7-15-22(19)31-28)26-21-14-6-9-17-24(21)33-30(26)27/h1-17,31H. The van der Waals surface area contributed by atoms with Crippen molar-refractivity contribution >= 4 is 65.6 Å². The van der Waals surface area contributed by atoms with Gasteiger partial charge in [0.25, 0.3) is 0 Å². The van der Waals surface area contributed by atoms with E-state index in [2.05, 4.69) is 107 Å². The van der Waals surface area contributed by atoms with Crippen LogP contribution in [0.3, 0.4) is 0 Å². The minimum atomic E-state index is 0.920. The topological polar surface area (TPSA) is 33.9 Å². The number of hydrogen-bond donors (Lipinski definition) is 1. The number of furan rings is 1. The maximum Gasteiger partial charge on any atom is 0.146 e. The van der Waals surface area contributed by atoms with Crippen LogP contribution in [-0.2, 0) is 0 Å². The SMILES string of the molecule is c1ccc(-n2c3ccccc3c3c4oc5ccccc5c4c4c5ccccc5[nH]c4c32)cc1. The number of nitrogens with one attached hydrogen (secondary N) is 1. The molecular weight excluding hydrogens is 404 g/mol. The summed E-state index contributed by atoms with van der Waals surface area (Å²) < 4.78 is 8.99. The van der Waals surface area contributed by atoms with E-state index in [0.717, 1.165) is 44.2 Å². The highest BCUT2D eigenvalue weighted by molar-refractivity contribution is 6.38. The van der Waals surface area contributed by atoms with Crippen molar-refractivity contribution in [1.29, 1.82) is 0 Å². The fourth-order valence-corrected chi connectivity index (χ4v) is 5.60. The number of H-pyrrole nitrogens is 1. The number of hydrogen-bond acceptors (Lipinski definition) is 1. The molecule has 3 aromatic heterocycles. The van der Waals surface area contributed by atoms with E-state index < -0.39 is 0 Å². The monoisotopic (exact) mass is 422 g/mol. The molecule has 8 aromatic rings. The van der Waals surface area contributed by atoms with E-state index in [4.69, 9.17) is 4.42 Å². The van der Waals surface area contributed by atoms with Crippen molar-refractivity contribution in [2.75, 3.05) is 0 Å². The van der Waals surface area contributed by atoms with Crippen molar-refractivity contribution in [3.63, 3.8) is 0 Å². The maximum atomic E-state index is 6.62. The summed E-state index contributed by atoms with van der Waals surface area (Å²) in [5, 5.41) is 7.12. The number of aromatic nitrogens is 2. The zero-order valence-electron chi connectivity index (χ0n) is 17.7. The molecule has 0 aliphatic carbocycles. The molecule has 0 unspecified atom stereocenters. The Balaban J connectivity index is 1.80. The fraction of sp³-hybridized carbons (Fsp3) is 0. The van der Waals surface area contributed by atoms with Gasteiger partial charge in [-0.05, 0) is 30.3 Å². The molecule has 0 radical (unpaired) electrons. The van der Waals surface area contributed by atoms with Gasteiger partial charge in [0.2, 0.25) is 0 Å². The number of nitrogens with zero attached hydrogens (tertiary/aromatic N) is 1. The second kappa shape index (κ2) is 6.05. The summed E-state index contributed by atoms with van der Waals surface area (Å²) in [4.78, 5) is 3.78. The molecule has 0 bridgehead atoms. The number of benzene rings is 5. The van der Waals surface area contributed by atoms with Crippen molar-refractivity contribution in [2.45, 2.75) is 0 Å². The lowest BCUT2D eigenvalue weighted by atomic mass is 10.0. The van der Waals surface area contributed by atoms with Crippen LogP contribution in [0.2, 0.25) is 0 Å². The summed E-state index contributed by atoms with van der Waals surface area (Å²) in [6.07, 6.45) is 0. The molecule has 0 aliphatic heterocycles. The van der Waals surface area contributed by atoms with Gasteiger partial charge in [-0.3, -0.25) is 0 Å². The van der Waals surface area contributed by atoms with E-state index in [0.29, 0.717) is 0 Å². The largest absolute Gasteiger partial charge is 0.455 e. The van der Waals surface area contributed by atoms with Crippen molar-refractivity contribution in [3.05, 3.63) is 103 Å². The molecule has 0 saturated carbocycles. The van der Waals surface area contributed by atoms with E-state index in [1.54, 1.807) is 0 Å². The van der Waals surface area contributed by atoms with Crippen molar-refractivity contribution < 1.29 is 4.42 Å². The molecule has 33 heavy (non-hydrogen) atoms. The molecule has 3 heterocycles. The van der Waals surface area contributed by atoms with Gasteiger partial charge in [0.1, 0.15) is 11.2 Å². The average Bonchev–Trinajstić information content (AvgIpc) is 3.53. The first-order valence-electron chi connectivity index (χ1n) is 11.2. The first-order chi connectivity index (χ1) is 16.4. The zero-order chi connectivity index (χ0) is 21.5. The number of fused-ring (bicyclic) bond motifs is 12. The Hall–Kier alpha value is -4.50. The molecule has 0 fully saturated rings. The smallest absolute Gasteiger partial charge is 0.146 e. The van der Waals surface area contributed by atoms with Crippen LogP contribution in [-0.4, -0.2) is 9.55 Å². The van der Waals surface area contributed by atoms with Gasteiger partial charge in [0.05, 0.1) is 21.9 Å². The summed E-state index contributed by atoms with van der Waals surface area (Å²) in [5.74, 6) is 0. The Morgan fingerprint density at radius 2 is 1.27 bits per heavy atom. The highest BCUT2D eigenvalue weighted by atomic mass is 16.3. The zero-order valence-corrected chi connectivity index (χ0v) is 17.7. The van der Waals surface area contributed by atoms with E-state index in [-0.39, 0.29) is 0 Å². The molecule has 0 atom stereocenters. The Morgan fingerprint density at radius 1 is 0.576 bits per heavy atom. The van der Waals surface area contributed by atoms with Gasteiger partial charge in [0.15, 0.2) is 0 Å². The van der Waals surface area contributed by atoms with Gasteiger partial charge in [-0.25, -0.2) is 0 Å². The van der Waals surface area contributed by atoms with Gasteiger partial charge in [-0.1, -0.05) is 72.8 Å². The molecule has 0 saturated heterocycles. The predicted molar refractivity (Wildman–Crippen MR) is 137 cm³/mol. The van der Waals surface area contributed by atoms with Gasteiger partial charge in [-0.2, -0.15) is 0 Å². The normalized spacial score (nSPS) is 12.2. The van der Waals surface area contributed by atoms with Crippen LogP contribution < -0.4 is 0 Å². The first kappa shape index (κ1) is 17.1. The summed E-state index contributed by atoms with van der Waals surface area (Å²) >= 11 is 0. The minimum absolute atomic E-state index is 0.920. The van der Waals surface area contributed by atoms with Gasteiger partial charge in [-0.15, -0.1) is 0 Å². The highest BCUT2D eigenvalue weighted by Crippen LogP contribution is 2.47. The lowest BCUT2D eigenvalue weighted by Gasteiger charge is -2.08. The average molecular weight is 422 g/mol. The molecule has 154 valence electrons. The van der Waals surface area contributed by atoms with Crippen LogP contribution in [0.15, 0.2) is 108 Å². The highest BCUT2D eigenvalue weighted by Gasteiger charge is 2.24. The van der Waals surface area contributed by atoms with Crippen molar-refractivity contribution in [2.24, 2.45) is 0 Å². The summed E-state index contributed by atoms with van der Waals surface area (Å²) in [6, 6.07) is 36.2. The molecule has 3 nitrogen and oxygen atoms in total. The summed E-state index contributed by atoms with van der Waals surface area (Å²) in [7, 11) is 0. The van der Waals surface area contributed by atoms with Crippen LogP contribution in [0.25, 0.3) is 71.2 Å². The molecule has 1 N–H and O–H groups in total. The third kappa shape index (κ3) is 2.09. The Bertz CT molecular complexity index is 2020. The number of aromatic amines is 1. The third-order valence-corrected chi connectivity index (χ3v) is 6.90.